The minimum absolute atomic E-state index is 0.253. The highest BCUT2D eigenvalue weighted by molar-refractivity contribution is 9.10. The second kappa shape index (κ2) is 5.85. The number of benzene rings is 1. The molecule has 94 valence electrons. The van der Waals surface area contributed by atoms with Crippen LogP contribution in [0.2, 0.25) is 0 Å². The molecular weight excluding hydrogens is 280 g/mol. The van der Waals surface area contributed by atoms with Crippen molar-refractivity contribution in [3.8, 4) is 0 Å². The minimum Gasteiger partial charge on any atom is -0.396 e. The molecular formula is C13H19BrN2O. The van der Waals surface area contributed by atoms with Gasteiger partial charge < -0.3 is 14.9 Å². The van der Waals surface area contributed by atoms with Crippen molar-refractivity contribution in [3.63, 3.8) is 0 Å². The highest BCUT2D eigenvalue weighted by Gasteiger charge is 2.24. The Morgan fingerprint density at radius 1 is 1.41 bits per heavy atom. The van der Waals surface area contributed by atoms with E-state index in [0.717, 1.165) is 30.5 Å². The number of aliphatic hydroxyl groups is 1. The van der Waals surface area contributed by atoms with Gasteiger partial charge in [-0.15, -0.1) is 0 Å². The largest absolute Gasteiger partial charge is 0.396 e. The molecule has 1 saturated heterocycles. The molecule has 0 amide bonds. The summed E-state index contributed by atoms with van der Waals surface area (Å²) in [6.07, 6.45) is 0.830. The summed E-state index contributed by atoms with van der Waals surface area (Å²) in [6.45, 7) is 3.38. The van der Waals surface area contributed by atoms with Gasteiger partial charge in [0.2, 0.25) is 0 Å². The number of likely N-dealkylation sites (N-methyl/N-ethyl adjacent to an activating group) is 1. The lowest BCUT2D eigenvalue weighted by Gasteiger charge is -2.41. The van der Waals surface area contributed by atoms with Gasteiger partial charge in [-0.2, -0.15) is 0 Å². The third-order valence-corrected chi connectivity index (χ3v) is 3.78. The Morgan fingerprint density at radius 2 is 2.24 bits per heavy atom. The van der Waals surface area contributed by atoms with E-state index in [1.54, 1.807) is 0 Å². The van der Waals surface area contributed by atoms with E-state index in [0.29, 0.717) is 6.04 Å². The van der Waals surface area contributed by atoms with E-state index in [1.807, 2.05) is 6.07 Å². The molecule has 1 N–H and O–H groups in total. The molecule has 1 heterocycles. The van der Waals surface area contributed by atoms with Gasteiger partial charge in [0.25, 0.3) is 0 Å². The molecule has 1 aromatic carbocycles. The van der Waals surface area contributed by atoms with Crippen molar-refractivity contribution in [2.75, 3.05) is 38.2 Å². The van der Waals surface area contributed by atoms with Gasteiger partial charge in [-0.1, -0.05) is 22.0 Å². The summed E-state index contributed by atoms with van der Waals surface area (Å²) >= 11 is 3.51. The van der Waals surface area contributed by atoms with Crippen LogP contribution in [-0.4, -0.2) is 49.3 Å². The van der Waals surface area contributed by atoms with E-state index < -0.39 is 0 Å². The summed E-state index contributed by atoms with van der Waals surface area (Å²) < 4.78 is 1.11. The summed E-state index contributed by atoms with van der Waals surface area (Å²) in [6, 6.07) is 8.80. The summed E-state index contributed by atoms with van der Waals surface area (Å²) in [5.41, 5.74) is 1.24. The van der Waals surface area contributed by atoms with Crippen LogP contribution in [-0.2, 0) is 0 Å². The van der Waals surface area contributed by atoms with Gasteiger partial charge in [0.1, 0.15) is 0 Å². The zero-order chi connectivity index (χ0) is 12.3. The van der Waals surface area contributed by atoms with Crippen LogP contribution in [0.15, 0.2) is 28.7 Å². The normalized spacial score (nSPS) is 21.8. The number of aliphatic hydroxyl groups excluding tert-OH is 1. The smallest absolute Gasteiger partial charge is 0.0451 e. The van der Waals surface area contributed by atoms with Crippen molar-refractivity contribution in [2.45, 2.75) is 12.5 Å². The Balaban J connectivity index is 2.17. The molecule has 4 heteroatoms. The minimum atomic E-state index is 0.253. The first-order chi connectivity index (χ1) is 8.20. The molecule has 0 aromatic heterocycles. The molecule has 0 aliphatic carbocycles. The van der Waals surface area contributed by atoms with Crippen LogP contribution < -0.4 is 4.90 Å². The summed E-state index contributed by atoms with van der Waals surface area (Å²) in [5.74, 6) is 0. The van der Waals surface area contributed by atoms with E-state index in [4.69, 9.17) is 5.11 Å². The predicted octanol–water partition coefficient (Wildman–Crippen LogP) is 1.95. The maximum absolute atomic E-state index is 9.17. The van der Waals surface area contributed by atoms with Gasteiger partial charge in [-0.3, -0.25) is 0 Å². The van der Waals surface area contributed by atoms with Crippen LogP contribution in [0, 0.1) is 0 Å². The molecule has 1 aliphatic rings. The molecule has 0 radical (unpaired) electrons. The van der Waals surface area contributed by atoms with Gasteiger partial charge in [-0.25, -0.2) is 0 Å². The average Bonchev–Trinajstić information content (AvgIpc) is 2.29. The van der Waals surface area contributed by atoms with Gasteiger partial charge in [0.05, 0.1) is 0 Å². The maximum Gasteiger partial charge on any atom is 0.0451 e. The number of piperazine rings is 1. The first-order valence-corrected chi connectivity index (χ1v) is 6.81. The number of halogens is 1. The van der Waals surface area contributed by atoms with Crippen LogP contribution in [0.25, 0.3) is 0 Å². The van der Waals surface area contributed by atoms with Crippen molar-refractivity contribution in [1.82, 2.24) is 4.90 Å². The van der Waals surface area contributed by atoms with Crippen LogP contribution in [0.4, 0.5) is 5.69 Å². The van der Waals surface area contributed by atoms with E-state index in [2.05, 4.69) is 51.0 Å². The van der Waals surface area contributed by atoms with Gasteiger partial charge in [0.15, 0.2) is 0 Å². The standard InChI is InChI=1S/C13H19BrN2O/c1-15-6-7-16(13(10-15)5-8-17)12-4-2-3-11(14)9-12/h2-4,9,13,17H,5-8,10H2,1H3. The van der Waals surface area contributed by atoms with E-state index in [9.17, 15) is 0 Å². The fourth-order valence-corrected chi connectivity index (χ4v) is 2.79. The number of nitrogens with zero attached hydrogens (tertiary/aromatic N) is 2. The number of hydrogen-bond donors (Lipinski definition) is 1. The SMILES string of the molecule is CN1CCN(c2cccc(Br)c2)C(CCO)C1. The van der Waals surface area contributed by atoms with Gasteiger partial charge in [-0.05, 0) is 31.7 Å². The molecule has 2 rings (SSSR count). The lowest BCUT2D eigenvalue weighted by atomic mass is 10.1. The third-order valence-electron chi connectivity index (χ3n) is 3.29. The second-order valence-corrected chi connectivity index (χ2v) is 5.52. The van der Waals surface area contributed by atoms with E-state index in [1.165, 1.54) is 5.69 Å². The maximum atomic E-state index is 9.17. The molecule has 1 unspecified atom stereocenters. The zero-order valence-corrected chi connectivity index (χ0v) is 11.7. The lowest BCUT2D eigenvalue weighted by molar-refractivity contribution is 0.219. The molecule has 17 heavy (non-hydrogen) atoms. The number of hydrogen-bond acceptors (Lipinski definition) is 3. The third kappa shape index (κ3) is 3.21. The second-order valence-electron chi connectivity index (χ2n) is 4.60. The van der Waals surface area contributed by atoms with Crippen molar-refractivity contribution in [1.29, 1.82) is 0 Å². The van der Waals surface area contributed by atoms with Crippen LogP contribution in [0.5, 0.6) is 0 Å². The fraction of sp³-hybridized carbons (Fsp3) is 0.538. The highest BCUT2D eigenvalue weighted by Crippen LogP contribution is 2.24. The molecule has 1 fully saturated rings. The monoisotopic (exact) mass is 298 g/mol. The predicted molar refractivity (Wildman–Crippen MR) is 74.5 cm³/mol. The Morgan fingerprint density at radius 3 is 2.94 bits per heavy atom. The molecule has 1 aliphatic heterocycles. The van der Waals surface area contributed by atoms with Crippen molar-refractivity contribution < 1.29 is 5.11 Å². The Kier molecular flexibility index (Phi) is 4.42. The van der Waals surface area contributed by atoms with Crippen LogP contribution >= 0.6 is 15.9 Å². The van der Waals surface area contributed by atoms with Crippen molar-refractivity contribution in [2.24, 2.45) is 0 Å². The summed E-state index contributed by atoms with van der Waals surface area (Å²) in [5, 5.41) is 9.17. The van der Waals surface area contributed by atoms with E-state index >= 15 is 0 Å². The van der Waals surface area contributed by atoms with Crippen molar-refractivity contribution in [3.05, 3.63) is 28.7 Å². The Labute approximate surface area is 111 Å². The van der Waals surface area contributed by atoms with Gasteiger partial charge in [0, 0.05) is 42.4 Å². The lowest BCUT2D eigenvalue weighted by Crippen LogP contribution is -2.52. The average molecular weight is 299 g/mol. The van der Waals surface area contributed by atoms with Crippen molar-refractivity contribution >= 4 is 21.6 Å². The van der Waals surface area contributed by atoms with E-state index in [-0.39, 0.29) is 6.61 Å². The zero-order valence-electron chi connectivity index (χ0n) is 10.1. The molecule has 1 aromatic rings. The van der Waals surface area contributed by atoms with Crippen LogP contribution in [0.3, 0.4) is 0 Å². The first kappa shape index (κ1) is 12.9. The molecule has 1 atom stereocenters. The molecule has 3 nitrogen and oxygen atoms in total. The molecule has 0 saturated carbocycles. The van der Waals surface area contributed by atoms with Crippen LogP contribution in [0.1, 0.15) is 6.42 Å². The molecule has 0 bridgehead atoms. The summed E-state index contributed by atoms with van der Waals surface area (Å²) in [7, 11) is 2.14. The molecule has 0 spiro atoms. The highest BCUT2D eigenvalue weighted by atomic mass is 79.9. The number of anilines is 1. The van der Waals surface area contributed by atoms with Gasteiger partial charge >= 0.3 is 0 Å². The Bertz CT molecular complexity index is 372. The fourth-order valence-electron chi connectivity index (χ4n) is 2.40. The topological polar surface area (TPSA) is 26.7 Å². The quantitative estimate of drug-likeness (QED) is 0.924. The summed E-state index contributed by atoms with van der Waals surface area (Å²) in [4.78, 5) is 4.73. The Hall–Kier alpha value is -0.580. The first-order valence-electron chi connectivity index (χ1n) is 6.02. The number of rotatable bonds is 3.